The van der Waals surface area contributed by atoms with Gasteiger partial charge in [-0.3, -0.25) is 4.98 Å². The topological polar surface area (TPSA) is 38.7 Å². The Balaban J connectivity index is 2.40. The van der Waals surface area contributed by atoms with Gasteiger partial charge in [-0.2, -0.15) is 0 Å². The van der Waals surface area contributed by atoms with Gasteiger partial charge in [0.05, 0.1) is 17.6 Å². The summed E-state index contributed by atoms with van der Waals surface area (Å²) in [6, 6.07) is 3.84. The molecule has 0 saturated heterocycles. The highest BCUT2D eigenvalue weighted by atomic mass is 35.5. The van der Waals surface area contributed by atoms with E-state index in [1.807, 2.05) is 12.1 Å². The quantitative estimate of drug-likeness (QED) is 0.818. The molecule has 4 heteroatoms. The van der Waals surface area contributed by atoms with Crippen LogP contribution in [0.15, 0.2) is 30.7 Å². The first-order chi connectivity index (χ1) is 7.81. The van der Waals surface area contributed by atoms with E-state index in [4.69, 9.17) is 11.6 Å². The number of aryl methyl sites for hydroxylation is 1. The number of rotatable bonds is 3. The molecule has 3 nitrogen and oxygen atoms in total. The molecule has 0 bridgehead atoms. The van der Waals surface area contributed by atoms with Crippen LogP contribution in [0.3, 0.4) is 0 Å². The molecule has 0 radical (unpaired) electrons. The summed E-state index contributed by atoms with van der Waals surface area (Å²) in [6.07, 6.45) is 7.04. The number of pyridine rings is 1. The lowest BCUT2D eigenvalue weighted by molar-refractivity contribution is 0.873. The van der Waals surface area contributed by atoms with Crippen molar-refractivity contribution in [2.24, 2.45) is 0 Å². The number of hydrogen-bond acceptors (Lipinski definition) is 3. The molecule has 2 aromatic rings. The van der Waals surface area contributed by atoms with Crippen molar-refractivity contribution in [2.45, 2.75) is 19.8 Å². The Morgan fingerprint density at radius 2 is 2.19 bits per heavy atom. The van der Waals surface area contributed by atoms with E-state index in [0.29, 0.717) is 5.15 Å². The molecule has 0 atom stereocenters. The Morgan fingerprint density at radius 1 is 1.31 bits per heavy atom. The Kier molecular flexibility index (Phi) is 3.47. The highest BCUT2D eigenvalue weighted by Crippen LogP contribution is 2.19. The first-order valence-electron chi connectivity index (χ1n) is 5.23. The van der Waals surface area contributed by atoms with Crippen LogP contribution in [-0.4, -0.2) is 15.0 Å². The molecule has 0 saturated carbocycles. The molecule has 82 valence electrons. The summed E-state index contributed by atoms with van der Waals surface area (Å²) in [5.74, 6) is 0. The predicted octanol–water partition coefficient (Wildman–Crippen LogP) is 3.14. The van der Waals surface area contributed by atoms with Crippen LogP contribution in [0.2, 0.25) is 5.15 Å². The van der Waals surface area contributed by atoms with Gasteiger partial charge in [0.25, 0.3) is 0 Å². The summed E-state index contributed by atoms with van der Waals surface area (Å²) < 4.78 is 0. The van der Waals surface area contributed by atoms with Gasteiger partial charge >= 0.3 is 0 Å². The molecule has 0 aromatic carbocycles. The van der Waals surface area contributed by atoms with Crippen LogP contribution in [0.1, 0.15) is 19.0 Å². The monoisotopic (exact) mass is 233 g/mol. The molecule has 0 fully saturated rings. The first kappa shape index (κ1) is 11.0. The van der Waals surface area contributed by atoms with E-state index in [1.165, 1.54) is 0 Å². The summed E-state index contributed by atoms with van der Waals surface area (Å²) in [5.41, 5.74) is 2.63. The smallest absolute Gasteiger partial charge is 0.150 e. The highest BCUT2D eigenvalue weighted by molar-refractivity contribution is 6.30. The van der Waals surface area contributed by atoms with E-state index < -0.39 is 0 Å². The van der Waals surface area contributed by atoms with Crippen LogP contribution in [-0.2, 0) is 6.42 Å². The minimum absolute atomic E-state index is 0.495. The molecular formula is C12H12ClN3. The molecule has 16 heavy (non-hydrogen) atoms. The summed E-state index contributed by atoms with van der Waals surface area (Å²) in [6.45, 7) is 2.09. The zero-order valence-electron chi connectivity index (χ0n) is 9.02. The van der Waals surface area contributed by atoms with Crippen LogP contribution < -0.4 is 0 Å². The molecule has 0 aliphatic carbocycles. The van der Waals surface area contributed by atoms with Crippen molar-refractivity contribution in [1.82, 2.24) is 15.0 Å². The second-order valence-electron chi connectivity index (χ2n) is 3.48. The first-order valence-corrected chi connectivity index (χ1v) is 5.61. The molecular weight excluding hydrogens is 222 g/mol. The molecule has 0 amide bonds. The average molecular weight is 234 g/mol. The van der Waals surface area contributed by atoms with Gasteiger partial charge in [-0.1, -0.05) is 24.9 Å². The third-order valence-electron chi connectivity index (χ3n) is 2.24. The zero-order chi connectivity index (χ0) is 11.4. The third-order valence-corrected chi connectivity index (χ3v) is 2.55. The Morgan fingerprint density at radius 3 is 2.88 bits per heavy atom. The lowest BCUT2D eigenvalue weighted by Gasteiger charge is -2.04. The van der Waals surface area contributed by atoms with Gasteiger partial charge in [0.2, 0.25) is 0 Å². The maximum absolute atomic E-state index is 5.97. The second kappa shape index (κ2) is 5.03. The van der Waals surface area contributed by atoms with Gasteiger partial charge in [-0.15, -0.1) is 0 Å². The molecule has 0 spiro atoms. The van der Waals surface area contributed by atoms with Crippen molar-refractivity contribution >= 4 is 11.6 Å². The lowest BCUT2D eigenvalue weighted by Crippen LogP contribution is -1.96. The summed E-state index contributed by atoms with van der Waals surface area (Å²) in [4.78, 5) is 12.7. The van der Waals surface area contributed by atoms with Gasteiger partial charge in [0.1, 0.15) is 0 Å². The number of halogens is 1. The van der Waals surface area contributed by atoms with Crippen LogP contribution >= 0.6 is 11.6 Å². The SMILES string of the molecule is CCCc1nc(-c2cccnc2)cnc1Cl. The largest absolute Gasteiger partial charge is 0.264 e. The molecule has 2 aromatic heterocycles. The molecule has 0 aliphatic rings. The van der Waals surface area contributed by atoms with E-state index in [-0.39, 0.29) is 0 Å². The fraction of sp³-hybridized carbons (Fsp3) is 0.250. The minimum Gasteiger partial charge on any atom is -0.264 e. The van der Waals surface area contributed by atoms with Gasteiger partial charge in [0.15, 0.2) is 5.15 Å². The number of aromatic nitrogens is 3. The molecule has 2 rings (SSSR count). The Labute approximate surface area is 99.5 Å². The molecule has 0 N–H and O–H groups in total. The van der Waals surface area contributed by atoms with Crippen LogP contribution in [0.25, 0.3) is 11.3 Å². The van der Waals surface area contributed by atoms with Crippen LogP contribution in [0.4, 0.5) is 0 Å². The fourth-order valence-electron chi connectivity index (χ4n) is 1.46. The van der Waals surface area contributed by atoms with E-state index in [1.54, 1.807) is 18.6 Å². The maximum atomic E-state index is 5.97. The molecule has 0 aliphatic heterocycles. The lowest BCUT2D eigenvalue weighted by atomic mass is 10.2. The normalized spacial score (nSPS) is 10.4. The maximum Gasteiger partial charge on any atom is 0.150 e. The van der Waals surface area contributed by atoms with E-state index >= 15 is 0 Å². The second-order valence-corrected chi connectivity index (χ2v) is 3.84. The van der Waals surface area contributed by atoms with Gasteiger partial charge in [-0.25, -0.2) is 9.97 Å². The Hall–Kier alpha value is -1.48. The van der Waals surface area contributed by atoms with Crippen molar-refractivity contribution in [3.05, 3.63) is 41.6 Å². The average Bonchev–Trinajstić information content (AvgIpc) is 2.33. The van der Waals surface area contributed by atoms with E-state index in [9.17, 15) is 0 Å². The third kappa shape index (κ3) is 2.36. The van der Waals surface area contributed by atoms with E-state index in [0.717, 1.165) is 29.8 Å². The summed E-state index contributed by atoms with van der Waals surface area (Å²) in [7, 11) is 0. The van der Waals surface area contributed by atoms with Crippen molar-refractivity contribution in [3.8, 4) is 11.3 Å². The standard InChI is InChI=1S/C12H12ClN3/c1-2-4-10-12(13)15-8-11(16-10)9-5-3-6-14-7-9/h3,5-8H,2,4H2,1H3. The zero-order valence-corrected chi connectivity index (χ0v) is 9.78. The van der Waals surface area contributed by atoms with Crippen LogP contribution in [0, 0.1) is 0 Å². The van der Waals surface area contributed by atoms with E-state index in [2.05, 4.69) is 21.9 Å². The van der Waals surface area contributed by atoms with Crippen molar-refractivity contribution in [2.75, 3.05) is 0 Å². The fourth-order valence-corrected chi connectivity index (χ4v) is 1.65. The van der Waals surface area contributed by atoms with Crippen molar-refractivity contribution in [3.63, 3.8) is 0 Å². The number of hydrogen-bond donors (Lipinski definition) is 0. The van der Waals surface area contributed by atoms with Crippen molar-refractivity contribution < 1.29 is 0 Å². The highest BCUT2D eigenvalue weighted by Gasteiger charge is 2.06. The van der Waals surface area contributed by atoms with Gasteiger partial charge in [0, 0.05) is 18.0 Å². The van der Waals surface area contributed by atoms with Crippen molar-refractivity contribution in [1.29, 1.82) is 0 Å². The minimum atomic E-state index is 0.495. The number of nitrogens with zero attached hydrogens (tertiary/aromatic N) is 3. The van der Waals surface area contributed by atoms with Gasteiger partial charge in [-0.05, 0) is 18.6 Å². The Bertz CT molecular complexity index is 471. The van der Waals surface area contributed by atoms with Gasteiger partial charge < -0.3 is 0 Å². The molecule has 2 heterocycles. The summed E-state index contributed by atoms with van der Waals surface area (Å²) in [5, 5.41) is 0.495. The molecule has 0 unspecified atom stereocenters. The summed E-state index contributed by atoms with van der Waals surface area (Å²) >= 11 is 5.97. The predicted molar refractivity (Wildman–Crippen MR) is 64.3 cm³/mol. The van der Waals surface area contributed by atoms with Crippen LogP contribution in [0.5, 0.6) is 0 Å².